The van der Waals surface area contributed by atoms with Crippen molar-refractivity contribution in [2.45, 2.75) is 58.0 Å². The van der Waals surface area contributed by atoms with Crippen molar-refractivity contribution in [2.75, 3.05) is 32.1 Å². The lowest BCUT2D eigenvalue weighted by molar-refractivity contribution is 0.133. The Morgan fingerprint density at radius 2 is 1.73 bits per heavy atom. The molecule has 2 aromatic carbocycles. The Bertz CT molecular complexity index is 1140. The number of nitrogens with one attached hydrogen (secondary N) is 3. The zero-order valence-corrected chi connectivity index (χ0v) is 22.3. The lowest BCUT2D eigenvalue weighted by Gasteiger charge is -2.31. The summed E-state index contributed by atoms with van der Waals surface area (Å²) in [5.74, 6) is 1.19. The van der Waals surface area contributed by atoms with Crippen molar-refractivity contribution in [3.8, 4) is 17.0 Å². The first kappa shape index (κ1) is 26.7. The van der Waals surface area contributed by atoms with Crippen LogP contribution in [0.15, 0.2) is 54.6 Å². The maximum atomic E-state index is 11.6. The Hall–Kier alpha value is -3.32. The van der Waals surface area contributed by atoms with Crippen LogP contribution < -0.4 is 20.7 Å². The molecule has 1 fully saturated rings. The minimum atomic E-state index is -0.320. The lowest BCUT2D eigenvalue weighted by atomic mass is 9.90. The van der Waals surface area contributed by atoms with E-state index in [0.717, 1.165) is 72.2 Å². The molecule has 3 N–H and O–H groups in total. The number of benzene rings is 2. The van der Waals surface area contributed by atoms with Crippen LogP contribution in [-0.4, -0.2) is 50.0 Å². The minimum absolute atomic E-state index is 0.320. The van der Waals surface area contributed by atoms with Gasteiger partial charge in [0.2, 0.25) is 0 Å². The summed E-state index contributed by atoms with van der Waals surface area (Å²) in [6, 6.07) is 19.5. The molecule has 0 bridgehead atoms. The first-order chi connectivity index (χ1) is 18.0. The summed E-state index contributed by atoms with van der Waals surface area (Å²) in [6.45, 7) is 6.04. The van der Waals surface area contributed by atoms with Gasteiger partial charge in [-0.1, -0.05) is 32.0 Å². The molecule has 0 saturated heterocycles. The number of ether oxygens (including phenoxy) is 2. The molecule has 0 spiro atoms. The molecule has 1 heterocycles. The van der Waals surface area contributed by atoms with Gasteiger partial charge in [-0.05, 0) is 81.0 Å². The Morgan fingerprint density at radius 1 is 1.00 bits per heavy atom. The number of para-hydroxylation sites is 1. The van der Waals surface area contributed by atoms with Gasteiger partial charge in [-0.25, -0.2) is 9.78 Å². The number of hydrogen-bond donors (Lipinski definition) is 3. The zero-order chi connectivity index (χ0) is 26.0. The molecule has 1 aromatic heterocycles. The number of fused-ring (bicyclic) bond motifs is 1. The van der Waals surface area contributed by atoms with Gasteiger partial charge in [-0.2, -0.15) is 0 Å². The normalized spacial score (nSPS) is 17.5. The second-order valence-electron chi connectivity index (χ2n) is 10.2. The number of rotatable bonds is 11. The highest BCUT2D eigenvalue weighted by molar-refractivity contribution is 5.93. The number of amides is 1. The summed E-state index contributed by atoms with van der Waals surface area (Å²) < 4.78 is 10.5. The number of carbonyl (C=O) groups excluding carboxylic acids is 1. The highest BCUT2D eigenvalue weighted by Crippen LogP contribution is 2.31. The van der Waals surface area contributed by atoms with Crippen molar-refractivity contribution in [1.29, 1.82) is 0 Å². The van der Waals surface area contributed by atoms with E-state index in [9.17, 15) is 4.79 Å². The second kappa shape index (κ2) is 13.3. The van der Waals surface area contributed by atoms with Crippen LogP contribution in [0.1, 0.15) is 46.0 Å². The lowest BCUT2D eigenvalue weighted by Crippen LogP contribution is -2.38. The SMILES string of the molecule is COc1ccc(-c2cc(NC3CCC(NCCCNC(=O)OCC(C)C)CC3)c3ccccc3n2)cc1. The fourth-order valence-electron chi connectivity index (χ4n) is 4.74. The van der Waals surface area contributed by atoms with Gasteiger partial charge in [-0.3, -0.25) is 0 Å². The second-order valence-corrected chi connectivity index (χ2v) is 10.2. The average Bonchev–Trinajstić information content (AvgIpc) is 2.92. The van der Waals surface area contributed by atoms with Crippen molar-refractivity contribution in [2.24, 2.45) is 5.92 Å². The smallest absolute Gasteiger partial charge is 0.407 e. The molecular formula is C30H40N4O3. The summed E-state index contributed by atoms with van der Waals surface area (Å²) in [5, 5.41) is 11.5. The topological polar surface area (TPSA) is 84.5 Å². The number of pyridine rings is 1. The molecule has 4 rings (SSSR count). The molecule has 0 unspecified atom stereocenters. The van der Waals surface area contributed by atoms with E-state index in [0.29, 0.717) is 31.2 Å². The van der Waals surface area contributed by atoms with Gasteiger partial charge >= 0.3 is 6.09 Å². The number of anilines is 1. The first-order valence-electron chi connectivity index (χ1n) is 13.5. The van der Waals surface area contributed by atoms with Crippen molar-refractivity contribution < 1.29 is 14.3 Å². The summed E-state index contributed by atoms with van der Waals surface area (Å²) in [5.41, 5.74) is 4.17. The number of hydrogen-bond acceptors (Lipinski definition) is 6. The maximum absolute atomic E-state index is 11.6. The molecule has 198 valence electrons. The van der Waals surface area contributed by atoms with Crippen LogP contribution >= 0.6 is 0 Å². The predicted molar refractivity (Wildman–Crippen MR) is 150 cm³/mol. The van der Waals surface area contributed by atoms with Crippen LogP contribution in [0.2, 0.25) is 0 Å². The highest BCUT2D eigenvalue weighted by atomic mass is 16.5. The third kappa shape index (κ3) is 7.83. The van der Waals surface area contributed by atoms with Crippen LogP contribution in [0.25, 0.3) is 22.2 Å². The fraction of sp³-hybridized carbons (Fsp3) is 0.467. The maximum Gasteiger partial charge on any atom is 0.407 e. The number of carbonyl (C=O) groups is 1. The molecule has 1 aliphatic rings. The van der Waals surface area contributed by atoms with Gasteiger partial charge < -0.3 is 25.4 Å². The third-order valence-corrected chi connectivity index (χ3v) is 6.79. The summed E-state index contributed by atoms with van der Waals surface area (Å²) in [4.78, 5) is 16.6. The Kier molecular flexibility index (Phi) is 9.60. The molecule has 0 radical (unpaired) electrons. The van der Waals surface area contributed by atoms with E-state index in [1.807, 2.05) is 32.0 Å². The zero-order valence-electron chi connectivity index (χ0n) is 22.3. The molecular weight excluding hydrogens is 464 g/mol. The van der Waals surface area contributed by atoms with Crippen molar-refractivity contribution in [3.05, 3.63) is 54.6 Å². The molecule has 7 nitrogen and oxygen atoms in total. The third-order valence-electron chi connectivity index (χ3n) is 6.79. The standard InChI is InChI=1S/C30H40N4O3/c1-21(2)20-37-30(35)32-18-6-17-31-23-11-13-24(14-12-23)33-29-19-28(22-9-15-25(36-3)16-10-22)34-27-8-5-4-7-26(27)29/h4-5,7-10,15-16,19,21,23-24,31H,6,11-14,17-18,20H2,1-3H3,(H,32,35)(H,33,34). The van der Waals surface area contributed by atoms with Gasteiger partial charge in [0.1, 0.15) is 5.75 Å². The Labute approximate surface area is 220 Å². The van der Waals surface area contributed by atoms with Gasteiger partial charge in [0.15, 0.2) is 0 Å². The van der Waals surface area contributed by atoms with Crippen LogP contribution in [0.5, 0.6) is 5.75 Å². The summed E-state index contributed by atoms with van der Waals surface area (Å²) in [6.07, 6.45) is 5.08. The van der Waals surface area contributed by atoms with Crippen LogP contribution in [0.4, 0.5) is 10.5 Å². The molecule has 7 heteroatoms. The van der Waals surface area contributed by atoms with E-state index in [1.54, 1.807) is 7.11 Å². The summed E-state index contributed by atoms with van der Waals surface area (Å²) >= 11 is 0. The van der Waals surface area contributed by atoms with Crippen molar-refractivity contribution >= 4 is 22.7 Å². The van der Waals surface area contributed by atoms with Gasteiger partial charge in [-0.15, -0.1) is 0 Å². The van der Waals surface area contributed by atoms with E-state index >= 15 is 0 Å². The molecule has 1 aliphatic carbocycles. The molecule has 0 aliphatic heterocycles. The number of aromatic nitrogens is 1. The average molecular weight is 505 g/mol. The van der Waals surface area contributed by atoms with Crippen LogP contribution in [-0.2, 0) is 4.74 Å². The van der Waals surface area contributed by atoms with Crippen molar-refractivity contribution in [1.82, 2.24) is 15.6 Å². The molecule has 3 aromatic rings. The Morgan fingerprint density at radius 3 is 2.46 bits per heavy atom. The first-order valence-corrected chi connectivity index (χ1v) is 13.5. The van der Waals surface area contributed by atoms with E-state index in [-0.39, 0.29) is 6.09 Å². The van der Waals surface area contributed by atoms with E-state index in [1.165, 1.54) is 0 Å². The quantitative estimate of drug-likeness (QED) is 0.278. The number of alkyl carbamates (subject to hydrolysis) is 1. The highest BCUT2D eigenvalue weighted by Gasteiger charge is 2.21. The van der Waals surface area contributed by atoms with Gasteiger partial charge in [0.25, 0.3) is 0 Å². The van der Waals surface area contributed by atoms with Gasteiger partial charge in [0, 0.05) is 35.3 Å². The molecule has 1 saturated carbocycles. The largest absolute Gasteiger partial charge is 0.497 e. The number of nitrogens with zero attached hydrogens (tertiary/aromatic N) is 1. The summed E-state index contributed by atoms with van der Waals surface area (Å²) in [7, 11) is 1.68. The van der Waals surface area contributed by atoms with Crippen LogP contribution in [0, 0.1) is 5.92 Å². The van der Waals surface area contributed by atoms with E-state index in [4.69, 9.17) is 14.5 Å². The fourth-order valence-corrected chi connectivity index (χ4v) is 4.74. The minimum Gasteiger partial charge on any atom is -0.497 e. The van der Waals surface area contributed by atoms with E-state index in [2.05, 4.69) is 52.3 Å². The molecule has 37 heavy (non-hydrogen) atoms. The molecule has 0 atom stereocenters. The predicted octanol–water partition coefficient (Wildman–Crippen LogP) is 6.00. The van der Waals surface area contributed by atoms with Gasteiger partial charge in [0.05, 0.1) is 24.9 Å². The van der Waals surface area contributed by atoms with Crippen LogP contribution in [0.3, 0.4) is 0 Å². The van der Waals surface area contributed by atoms with E-state index < -0.39 is 0 Å². The number of methoxy groups -OCH3 is 1. The molecule has 1 amide bonds. The Balaban J connectivity index is 1.27. The van der Waals surface area contributed by atoms with Crippen molar-refractivity contribution in [3.63, 3.8) is 0 Å². The monoisotopic (exact) mass is 504 g/mol.